The van der Waals surface area contributed by atoms with Gasteiger partial charge in [-0.2, -0.15) is 0 Å². The molecule has 2 aromatic carbocycles. The van der Waals surface area contributed by atoms with E-state index < -0.39 is 4.92 Å². The summed E-state index contributed by atoms with van der Waals surface area (Å²) in [7, 11) is 0. The van der Waals surface area contributed by atoms with E-state index in [4.69, 9.17) is 15.2 Å². The summed E-state index contributed by atoms with van der Waals surface area (Å²) in [4.78, 5) is 15.1. The molecule has 0 aliphatic carbocycles. The minimum Gasteiger partial charge on any atom is -0.467 e. The smallest absolute Gasteiger partial charge is 0.270 e. The average molecular weight is 373 g/mol. The van der Waals surface area contributed by atoms with Crippen molar-refractivity contribution < 1.29 is 14.4 Å². The monoisotopic (exact) mass is 373 g/mol. The summed E-state index contributed by atoms with van der Waals surface area (Å²) < 4.78 is 10.7. The second-order valence-electron chi connectivity index (χ2n) is 5.71. The molecular formula is C18H19N3O4S. The number of thioether (sulfide) groups is 1. The van der Waals surface area contributed by atoms with Gasteiger partial charge >= 0.3 is 0 Å². The maximum Gasteiger partial charge on any atom is 0.270 e. The molecule has 0 saturated heterocycles. The number of fused-ring (bicyclic) bond motifs is 1. The molecule has 1 aliphatic heterocycles. The first-order chi connectivity index (χ1) is 12.6. The molecule has 0 saturated carbocycles. The third kappa shape index (κ3) is 4.74. The lowest BCUT2D eigenvalue weighted by Crippen LogP contribution is -2.14. The SMILES string of the molecule is NC(=NCCc1ccccc1)SCc1cc([N+](=O)[O-])cc2c1OCOC2. The van der Waals surface area contributed by atoms with Crippen molar-refractivity contribution in [2.45, 2.75) is 18.8 Å². The van der Waals surface area contributed by atoms with Crippen LogP contribution in [0.2, 0.25) is 0 Å². The van der Waals surface area contributed by atoms with Crippen molar-refractivity contribution in [2.75, 3.05) is 13.3 Å². The molecule has 0 unspecified atom stereocenters. The van der Waals surface area contributed by atoms with E-state index in [-0.39, 0.29) is 12.5 Å². The highest BCUT2D eigenvalue weighted by Crippen LogP contribution is 2.34. The summed E-state index contributed by atoms with van der Waals surface area (Å²) in [6.07, 6.45) is 0.814. The number of nitro benzene ring substituents is 1. The highest BCUT2D eigenvalue weighted by molar-refractivity contribution is 8.13. The van der Waals surface area contributed by atoms with Gasteiger partial charge in [0.2, 0.25) is 0 Å². The molecule has 3 rings (SSSR count). The number of hydrogen-bond donors (Lipinski definition) is 1. The molecule has 2 N–H and O–H groups in total. The van der Waals surface area contributed by atoms with Crippen molar-refractivity contribution in [3.8, 4) is 5.75 Å². The van der Waals surface area contributed by atoms with Crippen molar-refractivity contribution in [2.24, 2.45) is 10.7 Å². The molecule has 2 aromatic rings. The van der Waals surface area contributed by atoms with Gasteiger partial charge in [0.15, 0.2) is 12.0 Å². The molecule has 0 amide bonds. The Balaban J connectivity index is 1.64. The predicted octanol–water partition coefficient (Wildman–Crippen LogP) is 3.25. The van der Waals surface area contributed by atoms with Gasteiger partial charge in [-0.3, -0.25) is 15.1 Å². The molecule has 7 nitrogen and oxygen atoms in total. The first-order valence-corrected chi connectivity index (χ1v) is 9.09. The maximum absolute atomic E-state index is 11.1. The highest BCUT2D eigenvalue weighted by Gasteiger charge is 2.21. The number of nitrogens with two attached hydrogens (primary N) is 1. The number of nitro groups is 1. The van der Waals surface area contributed by atoms with E-state index in [1.165, 1.54) is 29.5 Å². The highest BCUT2D eigenvalue weighted by atomic mass is 32.2. The van der Waals surface area contributed by atoms with Crippen LogP contribution in [0.25, 0.3) is 0 Å². The van der Waals surface area contributed by atoms with Gasteiger partial charge in [-0.15, -0.1) is 0 Å². The third-order valence-electron chi connectivity index (χ3n) is 3.87. The van der Waals surface area contributed by atoms with Crippen molar-refractivity contribution in [3.05, 3.63) is 69.3 Å². The Bertz CT molecular complexity index is 812. The number of hydrogen-bond acceptors (Lipinski definition) is 6. The van der Waals surface area contributed by atoms with E-state index >= 15 is 0 Å². The lowest BCUT2D eigenvalue weighted by molar-refractivity contribution is -0.385. The number of nitrogens with zero attached hydrogens (tertiary/aromatic N) is 2. The van der Waals surface area contributed by atoms with Crippen LogP contribution in [0.5, 0.6) is 5.75 Å². The molecule has 0 bridgehead atoms. The number of amidine groups is 1. The Morgan fingerprint density at radius 1 is 1.31 bits per heavy atom. The topological polar surface area (TPSA) is 100.0 Å². The molecule has 0 atom stereocenters. The predicted molar refractivity (Wildman–Crippen MR) is 101 cm³/mol. The van der Waals surface area contributed by atoms with Crippen LogP contribution < -0.4 is 10.5 Å². The fraction of sp³-hybridized carbons (Fsp3) is 0.278. The van der Waals surface area contributed by atoms with E-state index in [1.54, 1.807) is 0 Å². The summed E-state index contributed by atoms with van der Waals surface area (Å²) >= 11 is 1.34. The van der Waals surface area contributed by atoms with Crippen LogP contribution in [0.3, 0.4) is 0 Å². The van der Waals surface area contributed by atoms with Crippen LogP contribution in [0, 0.1) is 10.1 Å². The Hall–Kier alpha value is -2.58. The van der Waals surface area contributed by atoms with Crippen LogP contribution in [-0.4, -0.2) is 23.4 Å². The molecule has 136 valence electrons. The largest absolute Gasteiger partial charge is 0.467 e. The number of non-ortho nitro benzene ring substituents is 1. The molecular weight excluding hydrogens is 354 g/mol. The molecule has 1 heterocycles. The van der Waals surface area contributed by atoms with Gasteiger partial charge in [0.1, 0.15) is 5.75 Å². The Morgan fingerprint density at radius 3 is 2.88 bits per heavy atom. The Kier molecular flexibility index (Phi) is 6.08. The van der Waals surface area contributed by atoms with Gasteiger partial charge < -0.3 is 15.2 Å². The Morgan fingerprint density at radius 2 is 2.12 bits per heavy atom. The van der Waals surface area contributed by atoms with E-state index in [9.17, 15) is 10.1 Å². The van der Waals surface area contributed by atoms with Crippen molar-refractivity contribution in [1.82, 2.24) is 0 Å². The van der Waals surface area contributed by atoms with Crippen LogP contribution in [0.4, 0.5) is 5.69 Å². The summed E-state index contributed by atoms with van der Waals surface area (Å²) in [5.41, 5.74) is 8.61. The first-order valence-electron chi connectivity index (χ1n) is 8.11. The van der Waals surface area contributed by atoms with Gasteiger partial charge in [-0.05, 0) is 12.0 Å². The summed E-state index contributed by atoms with van der Waals surface area (Å²) in [5.74, 6) is 1.09. The zero-order valence-electron chi connectivity index (χ0n) is 14.1. The van der Waals surface area contributed by atoms with Crippen LogP contribution >= 0.6 is 11.8 Å². The van der Waals surface area contributed by atoms with Crippen LogP contribution in [0.1, 0.15) is 16.7 Å². The zero-order valence-corrected chi connectivity index (χ0v) is 14.9. The number of benzene rings is 2. The number of ether oxygens (including phenoxy) is 2. The van der Waals surface area contributed by atoms with Crippen molar-refractivity contribution in [1.29, 1.82) is 0 Å². The van der Waals surface area contributed by atoms with Gasteiger partial charge in [0.05, 0.1) is 11.5 Å². The van der Waals surface area contributed by atoms with E-state index in [0.29, 0.717) is 35.4 Å². The quantitative estimate of drug-likeness (QED) is 0.361. The molecule has 26 heavy (non-hydrogen) atoms. The van der Waals surface area contributed by atoms with Gasteiger partial charge in [0, 0.05) is 35.6 Å². The van der Waals surface area contributed by atoms with Crippen molar-refractivity contribution >= 4 is 22.6 Å². The fourth-order valence-corrected chi connectivity index (χ4v) is 3.33. The molecule has 8 heteroatoms. The Labute approximate surface area is 155 Å². The average Bonchev–Trinajstić information content (AvgIpc) is 2.66. The lowest BCUT2D eigenvalue weighted by Gasteiger charge is -2.20. The van der Waals surface area contributed by atoms with Gasteiger partial charge in [0.25, 0.3) is 5.69 Å². The number of rotatable bonds is 6. The lowest BCUT2D eigenvalue weighted by atomic mass is 10.1. The maximum atomic E-state index is 11.1. The van der Waals surface area contributed by atoms with Gasteiger partial charge in [-0.25, -0.2) is 0 Å². The fourth-order valence-electron chi connectivity index (χ4n) is 2.63. The van der Waals surface area contributed by atoms with Crippen LogP contribution in [0.15, 0.2) is 47.5 Å². The first kappa shape index (κ1) is 18.2. The summed E-state index contributed by atoms with van der Waals surface area (Å²) in [5, 5.41) is 11.6. The minimum absolute atomic E-state index is 0.0213. The second-order valence-corrected chi connectivity index (χ2v) is 6.70. The zero-order chi connectivity index (χ0) is 18.4. The third-order valence-corrected chi connectivity index (χ3v) is 4.75. The molecule has 0 radical (unpaired) electrons. The van der Waals surface area contributed by atoms with E-state index in [2.05, 4.69) is 4.99 Å². The normalized spacial score (nSPS) is 13.8. The molecule has 0 fully saturated rings. The summed E-state index contributed by atoms with van der Waals surface area (Å²) in [6.45, 7) is 1.04. The van der Waals surface area contributed by atoms with E-state index in [1.807, 2.05) is 30.3 Å². The van der Waals surface area contributed by atoms with Crippen molar-refractivity contribution in [3.63, 3.8) is 0 Å². The van der Waals surface area contributed by atoms with Crippen LogP contribution in [-0.2, 0) is 23.5 Å². The van der Waals surface area contributed by atoms with E-state index in [0.717, 1.165) is 12.0 Å². The molecule has 0 aromatic heterocycles. The second kappa shape index (κ2) is 8.68. The van der Waals surface area contributed by atoms with Gasteiger partial charge in [-0.1, -0.05) is 42.1 Å². The standard InChI is InChI=1S/C18H19N3O4S/c19-18(20-7-6-13-4-2-1-3-5-13)26-11-15-9-16(21(22)23)8-14-10-24-12-25-17(14)15/h1-5,8-9H,6-7,10-12H2,(H2,19,20). The minimum atomic E-state index is -0.416. The molecule has 1 aliphatic rings. The summed E-state index contributed by atoms with van der Waals surface area (Å²) in [6, 6.07) is 13.1. The number of aliphatic imine (C=N–C) groups is 1. The molecule has 0 spiro atoms.